The molecule has 0 spiro atoms. The molecule has 0 amide bonds. The highest BCUT2D eigenvalue weighted by molar-refractivity contribution is 6.35. The van der Waals surface area contributed by atoms with Crippen molar-refractivity contribution < 1.29 is 14.6 Å². The van der Waals surface area contributed by atoms with Gasteiger partial charge < -0.3 is 9.84 Å². The Labute approximate surface area is 146 Å². The quantitative estimate of drug-likeness (QED) is 0.833. The van der Waals surface area contributed by atoms with E-state index in [0.29, 0.717) is 15.6 Å². The lowest BCUT2D eigenvalue weighted by Gasteiger charge is -2.12. The summed E-state index contributed by atoms with van der Waals surface area (Å²) in [5.41, 5.74) is -0.785. The predicted molar refractivity (Wildman–Crippen MR) is 89.9 cm³/mol. The van der Waals surface area contributed by atoms with Gasteiger partial charge in [0.2, 0.25) is 0 Å². The number of hydrogen-bond donors (Lipinski definition) is 1. The van der Waals surface area contributed by atoms with Gasteiger partial charge in [-0.05, 0) is 23.8 Å². The fraction of sp³-hybridized carbons (Fsp3) is 0.267. The summed E-state index contributed by atoms with van der Waals surface area (Å²) in [5, 5.41) is 9.60. The van der Waals surface area contributed by atoms with Gasteiger partial charge in [0.05, 0.1) is 18.7 Å². The minimum Gasteiger partial charge on any atom is -0.480 e. The molecule has 2 rings (SSSR count). The first kappa shape index (κ1) is 18.3. The number of nitrogens with zero attached hydrogens (tertiary/aromatic N) is 2. The van der Waals surface area contributed by atoms with Crippen molar-refractivity contribution in [2.75, 3.05) is 13.7 Å². The zero-order valence-corrected chi connectivity index (χ0v) is 14.2. The largest absolute Gasteiger partial charge is 0.480 e. The van der Waals surface area contributed by atoms with E-state index < -0.39 is 23.8 Å². The molecule has 0 radical (unpaired) electrons. The summed E-state index contributed by atoms with van der Waals surface area (Å²) in [7, 11) is 1.43. The molecular weight excluding hydrogens is 359 g/mol. The zero-order chi connectivity index (χ0) is 17.9. The molecule has 0 fully saturated rings. The van der Waals surface area contributed by atoms with Crippen molar-refractivity contribution in [2.24, 2.45) is 0 Å². The molecule has 7 nitrogen and oxygen atoms in total. The van der Waals surface area contributed by atoms with Crippen LogP contribution in [0, 0.1) is 0 Å². The Morgan fingerprint density at radius 1 is 1.21 bits per heavy atom. The minimum absolute atomic E-state index is 0.00404. The third kappa shape index (κ3) is 4.05. The van der Waals surface area contributed by atoms with Gasteiger partial charge in [0.15, 0.2) is 0 Å². The van der Waals surface area contributed by atoms with Crippen LogP contribution in [0.1, 0.15) is 0 Å². The van der Waals surface area contributed by atoms with Crippen molar-refractivity contribution in [3.63, 3.8) is 0 Å². The van der Waals surface area contributed by atoms with Gasteiger partial charge in [-0.15, -0.1) is 0 Å². The topological polar surface area (TPSA) is 90.5 Å². The van der Waals surface area contributed by atoms with Gasteiger partial charge in [0, 0.05) is 23.4 Å². The molecule has 2 aromatic rings. The van der Waals surface area contributed by atoms with E-state index in [1.54, 1.807) is 0 Å². The molecule has 24 heavy (non-hydrogen) atoms. The molecule has 128 valence electrons. The molecule has 0 saturated heterocycles. The first-order valence-electron chi connectivity index (χ1n) is 6.85. The third-order valence-corrected chi connectivity index (χ3v) is 3.67. The van der Waals surface area contributed by atoms with E-state index in [9.17, 15) is 14.4 Å². The Morgan fingerprint density at radius 3 is 2.38 bits per heavy atom. The fourth-order valence-corrected chi connectivity index (χ4v) is 2.73. The van der Waals surface area contributed by atoms with Crippen molar-refractivity contribution in [1.29, 1.82) is 0 Å². The second-order valence-electron chi connectivity index (χ2n) is 4.95. The number of rotatable bonds is 6. The van der Waals surface area contributed by atoms with Crippen molar-refractivity contribution in [3.05, 3.63) is 55.3 Å². The van der Waals surface area contributed by atoms with Crippen LogP contribution in [0.4, 0.5) is 0 Å². The number of carbonyl (C=O) groups is 1. The first-order valence-corrected chi connectivity index (χ1v) is 7.60. The van der Waals surface area contributed by atoms with Crippen LogP contribution in [0.5, 0.6) is 0 Å². The average molecular weight is 373 g/mol. The van der Waals surface area contributed by atoms with Crippen LogP contribution in [-0.2, 0) is 22.6 Å². The normalized spacial score (nSPS) is 10.8. The Bertz CT molecular complexity index is 868. The Kier molecular flexibility index (Phi) is 5.82. The second kappa shape index (κ2) is 7.65. The van der Waals surface area contributed by atoms with Crippen LogP contribution in [-0.4, -0.2) is 33.9 Å². The average Bonchev–Trinajstić information content (AvgIpc) is 2.48. The van der Waals surface area contributed by atoms with Crippen molar-refractivity contribution in [3.8, 4) is 11.1 Å². The number of carboxylic acids is 1. The zero-order valence-electron chi connectivity index (χ0n) is 12.7. The summed E-state index contributed by atoms with van der Waals surface area (Å²) < 4.78 is 6.77. The van der Waals surface area contributed by atoms with Crippen molar-refractivity contribution in [2.45, 2.75) is 13.1 Å². The smallest absolute Gasteiger partial charge is 0.331 e. The molecule has 1 aromatic carbocycles. The molecule has 0 aliphatic heterocycles. The fourth-order valence-electron chi connectivity index (χ4n) is 2.20. The molecule has 1 heterocycles. The summed E-state index contributed by atoms with van der Waals surface area (Å²) in [6, 6.07) is 4.53. The van der Waals surface area contributed by atoms with Gasteiger partial charge in [-0.2, -0.15) is 0 Å². The molecule has 9 heteroatoms. The van der Waals surface area contributed by atoms with Crippen LogP contribution in [0.3, 0.4) is 0 Å². The van der Waals surface area contributed by atoms with Crippen LogP contribution in [0.25, 0.3) is 11.1 Å². The van der Waals surface area contributed by atoms with Gasteiger partial charge in [-0.3, -0.25) is 18.7 Å². The maximum Gasteiger partial charge on any atom is 0.331 e. The number of aliphatic carboxylic acids is 1. The van der Waals surface area contributed by atoms with Crippen LogP contribution < -0.4 is 11.2 Å². The highest BCUT2D eigenvalue weighted by atomic mass is 35.5. The SMILES string of the molecule is COCCn1c(=O)c(-c2cc(Cl)cc(Cl)c2)cn(CC(=O)O)c1=O. The van der Waals surface area contributed by atoms with Crippen LogP contribution in [0.2, 0.25) is 10.0 Å². The summed E-state index contributed by atoms with van der Waals surface area (Å²) in [6.07, 6.45) is 1.20. The van der Waals surface area contributed by atoms with E-state index in [1.807, 2.05) is 0 Å². The van der Waals surface area contributed by atoms with Gasteiger partial charge in [-0.25, -0.2) is 4.79 Å². The lowest BCUT2D eigenvalue weighted by Crippen LogP contribution is -2.42. The Morgan fingerprint density at radius 2 is 1.83 bits per heavy atom. The molecule has 0 saturated carbocycles. The van der Waals surface area contributed by atoms with Crippen molar-refractivity contribution in [1.82, 2.24) is 9.13 Å². The third-order valence-electron chi connectivity index (χ3n) is 3.24. The number of carboxylic acid groups (broad SMARTS) is 1. The molecule has 0 bridgehead atoms. The molecule has 1 aromatic heterocycles. The van der Waals surface area contributed by atoms with Gasteiger partial charge in [0.25, 0.3) is 5.56 Å². The maximum absolute atomic E-state index is 12.6. The van der Waals surface area contributed by atoms with Crippen molar-refractivity contribution >= 4 is 29.2 Å². The van der Waals surface area contributed by atoms with E-state index >= 15 is 0 Å². The molecule has 0 aliphatic rings. The van der Waals surface area contributed by atoms with E-state index in [-0.39, 0.29) is 18.7 Å². The maximum atomic E-state index is 12.6. The van der Waals surface area contributed by atoms with Crippen LogP contribution >= 0.6 is 23.2 Å². The van der Waals surface area contributed by atoms with Gasteiger partial charge >= 0.3 is 11.7 Å². The molecule has 0 unspecified atom stereocenters. The monoisotopic (exact) mass is 372 g/mol. The van der Waals surface area contributed by atoms with E-state index in [0.717, 1.165) is 9.13 Å². The van der Waals surface area contributed by atoms with E-state index in [4.69, 9.17) is 33.0 Å². The number of ether oxygens (including phenoxy) is 1. The number of methoxy groups -OCH3 is 1. The number of hydrogen-bond acceptors (Lipinski definition) is 4. The summed E-state index contributed by atoms with van der Waals surface area (Å²) in [6.45, 7) is -0.453. The van der Waals surface area contributed by atoms with Gasteiger partial charge in [0.1, 0.15) is 6.54 Å². The lowest BCUT2D eigenvalue weighted by molar-refractivity contribution is -0.137. The van der Waals surface area contributed by atoms with Crippen LogP contribution in [0.15, 0.2) is 34.0 Å². The van der Waals surface area contributed by atoms with Gasteiger partial charge in [-0.1, -0.05) is 23.2 Å². The second-order valence-corrected chi connectivity index (χ2v) is 5.83. The summed E-state index contributed by atoms with van der Waals surface area (Å²) in [4.78, 5) is 35.9. The molecule has 0 aliphatic carbocycles. The van der Waals surface area contributed by atoms with E-state index in [2.05, 4.69) is 0 Å². The standard InChI is InChI=1S/C15H14Cl2N2O5/c1-24-3-2-19-14(22)12(7-18(15(19)23)8-13(20)21)9-4-10(16)6-11(17)5-9/h4-7H,2-3,8H2,1H3,(H,20,21). The minimum atomic E-state index is -1.20. The highest BCUT2D eigenvalue weighted by Crippen LogP contribution is 2.25. The molecule has 0 atom stereocenters. The Hall–Kier alpha value is -2.09. The molecule has 1 N–H and O–H groups in total. The lowest BCUT2D eigenvalue weighted by atomic mass is 10.1. The first-order chi connectivity index (χ1) is 11.3. The number of aromatic nitrogens is 2. The molecular formula is C15H14Cl2N2O5. The predicted octanol–water partition coefficient (Wildman–Crippen LogP) is 1.71. The Balaban J connectivity index is 2.72. The van der Waals surface area contributed by atoms with E-state index in [1.165, 1.54) is 31.5 Å². The summed E-state index contributed by atoms with van der Waals surface area (Å²) >= 11 is 11.9. The number of halogens is 2. The highest BCUT2D eigenvalue weighted by Gasteiger charge is 2.15. The number of benzene rings is 1. The summed E-state index contributed by atoms with van der Waals surface area (Å²) in [5.74, 6) is -1.20.